The van der Waals surface area contributed by atoms with E-state index in [-0.39, 0.29) is 47.5 Å². The summed E-state index contributed by atoms with van der Waals surface area (Å²) in [5, 5.41) is 7.70. The van der Waals surface area contributed by atoms with Crippen LogP contribution in [-0.2, 0) is 43.1 Å². The van der Waals surface area contributed by atoms with Crippen molar-refractivity contribution in [3.05, 3.63) is 146 Å². The Morgan fingerprint density at radius 1 is 0.531 bits per heavy atom. The Bertz CT molecular complexity index is 3590. The van der Waals surface area contributed by atoms with Gasteiger partial charge in [0, 0.05) is 24.3 Å². The second-order valence-electron chi connectivity index (χ2n) is 24.3. The Kier molecular flexibility index (Phi) is 31.1. The summed E-state index contributed by atoms with van der Waals surface area (Å²) >= 11 is 4.56. The van der Waals surface area contributed by atoms with Crippen LogP contribution in [0.2, 0.25) is 0 Å². The predicted molar refractivity (Wildman–Crippen MR) is 383 cm³/mol. The third kappa shape index (κ3) is 25.5. The molecule has 0 amide bonds. The van der Waals surface area contributed by atoms with Gasteiger partial charge < -0.3 is 42.8 Å². The molecular formula is C76H90N4O15S3. The van der Waals surface area contributed by atoms with Crippen LogP contribution in [0.4, 0.5) is 5.13 Å². The van der Waals surface area contributed by atoms with Crippen molar-refractivity contribution < 1.29 is 71.6 Å². The average molecular weight is 1400 g/mol. The Balaban J connectivity index is 0.751. The molecule has 2 saturated carbocycles. The lowest BCUT2D eigenvalue weighted by Crippen LogP contribution is -2.30. The molecule has 5 aromatic carbocycles. The summed E-state index contributed by atoms with van der Waals surface area (Å²) in [5.74, 6) is 1.63. The number of ether oxygens (including phenoxy) is 8. The molecule has 0 N–H and O–H groups in total. The highest BCUT2D eigenvalue weighted by atomic mass is 32.2. The molecule has 2 aliphatic carbocycles. The number of hydrogen-bond donors (Lipinski definition) is 0. The number of hydrogen-bond acceptors (Lipinski definition) is 22. The van der Waals surface area contributed by atoms with Crippen LogP contribution < -0.4 is 33.6 Å². The van der Waals surface area contributed by atoms with Crippen LogP contribution in [0.15, 0.2) is 150 Å². The first-order valence-corrected chi connectivity index (χ1v) is 37.0. The maximum atomic E-state index is 13.9. The Hall–Kier alpha value is -8.31. The summed E-state index contributed by atoms with van der Waals surface area (Å²) < 4.78 is 48.7. The van der Waals surface area contributed by atoms with Crippen molar-refractivity contribution in [3.8, 4) is 34.5 Å². The molecular weight excluding hydrogens is 1310 g/mol. The van der Waals surface area contributed by atoms with Crippen molar-refractivity contribution in [2.24, 2.45) is 22.9 Å². The van der Waals surface area contributed by atoms with Gasteiger partial charge in [-0.25, -0.2) is 24.6 Å². The van der Waals surface area contributed by atoms with Crippen LogP contribution in [0.25, 0.3) is 20.4 Å². The van der Waals surface area contributed by atoms with Gasteiger partial charge in [0.2, 0.25) is 5.13 Å². The quantitative estimate of drug-likeness (QED) is 0.00399. The lowest BCUT2D eigenvalue weighted by molar-refractivity contribution is -0.218. The number of benzene rings is 5. The molecule has 22 heteroatoms. The zero-order chi connectivity index (χ0) is 68.4. The fourth-order valence-electron chi connectivity index (χ4n) is 11.3. The molecule has 0 bridgehead atoms. The molecule has 98 heavy (non-hydrogen) atoms. The topological polar surface area (TPSA) is 219 Å². The molecule has 0 unspecified atom stereocenters. The van der Waals surface area contributed by atoms with Crippen LogP contribution in [0.1, 0.15) is 147 Å². The lowest BCUT2D eigenvalue weighted by atomic mass is 9.82. The van der Waals surface area contributed by atoms with E-state index < -0.39 is 11.9 Å². The summed E-state index contributed by atoms with van der Waals surface area (Å²) in [4.78, 5) is 83.8. The van der Waals surface area contributed by atoms with Gasteiger partial charge in [-0.05, 0) is 212 Å². The molecule has 522 valence electrons. The van der Waals surface area contributed by atoms with E-state index >= 15 is 0 Å². The number of hydrazone groups is 1. The minimum Gasteiger partial charge on any atom is -0.494 e. The molecule has 2 heterocycles. The number of esters is 5. The molecule has 0 spiro atoms. The van der Waals surface area contributed by atoms with Crippen LogP contribution >= 0.6 is 34.4 Å². The fourth-order valence-corrected chi connectivity index (χ4v) is 14.2. The number of aromatic nitrogens is 2. The highest BCUT2D eigenvalue weighted by molar-refractivity contribution is 8.01. The van der Waals surface area contributed by atoms with Gasteiger partial charge in [-0.1, -0.05) is 86.2 Å². The van der Waals surface area contributed by atoms with Gasteiger partial charge in [-0.15, -0.1) is 11.3 Å². The van der Waals surface area contributed by atoms with Crippen molar-refractivity contribution in [1.82, 2.24) is 9.97 Å². The second-order valence-corrected chi connectivity index (χ2v) is 27.6. The van der Waals surface area contributed by atoms with E-state index in [2.05, 4.69) is 18.1 Å². The predicted octanol–water partition coefficient (Wildman–Crippen LogP) is 17.0. The van der Waals surface area contributed by atoms with E-state index in [0.29, 0.717) is 113 Å². The molecule has 2 aromatic heterocycles. The van der Waals surface area contributed by atoms with Crippen LogP contribution in [-0.4, -0.2) is 104 Å². The lowest BCUT2D eigenvalue weighted by Gasteiger charge is -2.28. The van der Waals surface area contributed by atoms with E-state index in [9.17, 15) is 24.0 Å². The summed E-state index contributed by atoms with van der Waals surface area (Å²) in [6, 6.07) is 35.9. The van der Waals surface area contributed by atoms with Gasteiger partial charge in [0.15, 0.2) is 10.1 Å². The molecule has 9 rings (SSSR count). The van der Waals surface area contributed by atoms with Gasteiger partial charge >= 0.3 is 29.8 Å². The normalized spacial score (nSPS) is 16.0. The number of fused-ring (bicyclic) bond motifs is 2. The number of rotatable bonds is 43. The zero-order valence-electron chi connectivity index (χ0n) is 55.8. The Labute approximate surface area is 586 Å². The minimum atomic E-state index is -0.404. The molecule has 19 nitrogen and oxygen atoms in total. The second kappa shape index (κ2) is 41.2. The van der Waals surface area contributed by atoms with Gasteiger partial charge in [0.1, 0.15) is 28.7 Å². The first kappa shape index (κ1) is 73.9. The molecule has 0 radical (unpaired) electrons. The molecule has 0 atom stereocenters. The third-order valence-corrected chi connectivity index (χ3v) is 20.1. The fraction of sp³-hybridized carbons (Fsp3) is 0.447. The molecule has 2 fully saturated rings. The van der Waals surface area contributed by atoms with Crippen LogP contribution in [0.5, 0.6) is 34.5 Å². The van der Waals surface area contributed by atoms with Crippen molar-refractivity contribution in [2.75, 3.05) is 56.9 Å². The van der Waals surface area contributed by atoms with E-state index in [1.54, 1.807) is 71.4 Å². The molecule has 0 aliphatic heterocycles. The number of unbranched alkanes of at least 4 members (excludes halogenated alkanes) is 11. The third-order valence-electron chi connectivity index (χ3n) is 16.9. The number of anilines is 1. The highest BCUT2D eigenvalue weighted by Crippen LogP contribution is 2.35. The number of carbonyl (C=O) groups excluding carboxylic acids is 5. The summed E-state index contributed by atoms with van der Waals surface area (Å²) in [7, 11) is 0. The highest BCUT2D eigenvalue weighted by Gasteiger charge is 2.31. The molecule has 2 aliphatic rings. The van der Waals surface area contributed by atoms with Gasteiger partial charge in [0.05, 0.1) is 90.0 Å². The maximum absolute atomic E-state index is 13.9. The smallest absolute Gasteiger partial charge is 0.330 e. The average Bonchev–Trinajstić information content (AvgIpc) is 1.63. The number of nitrogens with zero attached hydrogens (tertiary/aromatic N) is 4. The SMILES string of the molecule is C=CC(=O)OCCCCCCOc1ccc(OC(=O)C2CCC(COOc3ccc(OC(=O)C4CCC(Oc5ccc(OCCCCCCOC(=O)C=C)cc5)CC4)cc3/C=N/N(CCCCCCCCOC(=O)CSc3nc4ccccc4s3)c3nc4ccccc4s3)CC2)cc1. The number of thioether (sulfide) groups is 1. The molecule has 0 saturated heterocycles. The van der Waals surface area contributed by atoms with Crippen LogP contribution in [0.3, 0.4) is 0 Å². The van der Waals surface area contributed by atoms with E-state index in [4.69, 9.17) is 57.8 Å². The van der Waals surface area contributed by atoms with Gasteiger partial charge in [0.25, 0.3) is 0 Å². The summed E-state index contributed by atoms with van der Waals surface area (Å²) in [5.41, 5.74) is 2.35. The summed E-state index contributed by atoms with van der Waals surface area (Å²) in [6.45, 7) is 10.0. The maximum Gasteiger partial charge on any atom is 0.330 e. The first-order valence-electron chi connectivity index (χ1n) is 34.4. The first-order chi connectivity index (χ1) is 48.0. The minimum absolute atomic E-state index is 0.0462. The monoisotopic (exact) mass is 1390 g/mol. The van der Waals surface area contributed by atoms with Crippen molar-refractivity contribution >= 4 is 96.1 Å². The van der Waals surface area contributed by atoms with Crippen molar-refractivity contribution in [3.63, 3.8) is 0 Å². The van der Waals surface area contributed by atoms with E-state index in [0.717, 1.165) is 144 Å². The summed E-state index contributed by atoms with van der Waals surface area (Å²) in [6.07, 6.45) is 22.1. The standard InChI is InChI=1S/C76H90N4O15S3/c1-3-70(81)88-48-21-11-9-18-46-86-59-35-39-62(40-36-59)92-61-33-31-57(32-34-61)74(85)94-64-43-44-67(95-91-53-55-27-29-56(30-28-55)73(84)93-63-41-37-60(38-42-63)87-47-19-10-12-22-49-89-71(82)4-2)58(51-64)52-77-80(75-78-65-23-13-15-25-68(65)97-75)45-17-7-5-6-8-20-50-90-72(83)54-96-76-79-66-24-14-16-26-69(66)98-76/h3-4,13-16,23-26,35-44,51-52,55-57,61H,1-2,5-12,17-22,27-34,45-50,53-54H2/b77-52+. The van der Waals surface area contributed by atoms with Gasteiger partial charge in [-0.3, -0.25) is 14.4 Å². The van der Waals surface area contributed by atoms with Crippen molar-refractivity contribution in [2.45, 2.75) is 152 Å². The van der Waals surface area contributed by atoms with Crippen LogP contribution in [0, 0.1) is 17.8 Å². The van der Waals surface area contributed by atoms with E-state index in [1.165, 1.54) is 23.9 Å². The van der Waals surface area contributed by atoms with E-state index in [1.807, 2.05) is 77.8 Å². The number of para-hydroxylation sites is 2. The Morgan fingerprint density at radius 2 is 1.03 bits per heavy atom. The largest absolute Gasteiger partial charge is 0.494 e. The zero-order valence-corrected chi connectivity index (χ0v) is 58.2. The molecule has 7 aromatic rings. The number of carbonyl (C=O) groups is 5. The van der Waals surface area contributed by atoms with Crippen molar-refractivity contribution in [1.29, 1.82) is 0 Å². The van der Waals surface area contributed by atoms with Gasteiger partial charge in [-0.2, -0.15) is 9.99 Å². The number of thiazole rings is 2. The Morgan fingerprint density at radius 3 is 1.62 bits per heavy atom.